The van der Waals surface area contributed by atoms with E-state index in [0.717, 1.165) is 0 Å². The van der Waals surface area contributed by atoms with Crippen molar-refractivity contribution in [2.24, 2.45) is 5.73 Å². The Balaban J connectivity index is 2.15. The largest absolute Gasteiger partial charge is 0.506 e. The number of nitrogens with two attached hydrogens (primary N) is 2. The first-order valence-electron chi connectivity index (χ1n) is 9.63. The molecule has 2 rings (SSSR count). The zero-order valence-corrected chi connectivity index (χ0v) is 19.0. The van der Waals surface area contributed by atoms with Crippen molar-refractivity contribution in [1.29, 1.82) is 0 Å². The summed E-state index contributed by atoms with van der Waals surface area (Å²) in [6, 6.07) is 5.48. The number of carbonyl (C=O) groups excluding carboxylic acids is 4. The summed E-state index contributed by atoms with van der Waals surface area (Å²) in [5.41, 5.74) is 11.2. The number of halogens is 2. The molecule has 12 heteroatoms. The molecule has 0 spiro atoms. The number of aromatic hydroxyl groups is 1. The quantitative estimate of drug-likeness (QED) is 0.260. The van der Waals surface area contributed by atoms with E-state index in [2.05, 4.69) is 10.6 Å². The zero-order chi connectivity index (χ0) is 24.7. The average Bonchev–Trinajstić information content (AvgIpc) is 2.73. The fourth-order valence-electron chi connectivity index (χ4n) is 2.91. The molecule has 2 aromatic carbocycles. The van der Waals surface area contributed by atoms with Crippen molar-refractivity contribution in [2.45, 2.75) is 19.4 Å². The van der Waals surface area contributed by atoms with Gasteiger partial charge in [-0.05, 0) is 37.3 Å². The summed E-state index contributed by atoms with van der Waals surface area (Å²) < 4.78 is 4.92. The second kappa shape index (κ2) is 11.4. The molecule has 3 amide bonds. The third kappa shape index (κ3) is 7.26. The van der Waals surface area contributed by atoms with Crippen LogP contribution in [0.15, 0.2) is 30.3 Å². The number of benzene rings is 2. The molecule has 1 atom stereocenters. The average molecular weight is 497 g/mol. The van der Waals surface area contributed by atoms with Crippen LogP contribution in [0, 0.1) is 0 Å². The fourth-order valence-corrected chi connectivity index (χ4v) is 3.42. The van der Waals surface area contributed by atoms with Crippen LogP contribution in [0.1, 0.15) is 45.7 Å². The summed E-state index contributed by atoms with van der Waals surface area (Å²) in [5.74, 6) is -3.14. The molecule has 1 unspecified atom stereocenters. The Kier molecular flexibility index (Phi) is 8.89. The van der Waals surface area contributed by atoms with Crippen LogP contribution in [0.4, 0.5) is 5.69 Å². The highest BCUT2D eigenvalue weighted by Gasteiger charge is 2.24. The van der Waals surface area contributed by atoms with E-state index in [4.69, 9.17) is 39.4 Å². The first-order chi connectivity index (χ1) is 15.5. The van der Waals surface area contributed by atoms with Crippen LogP contribution >= 0.6 is 23.2 Å². The molecular weight excluding hydrogens is 475 g/mol. The number of hydrogen-bond acceptors (Lipinski definition) is 7. The van der Waals surface area contributed by atoms with Gasteiger partial charge in [-0.3, -0.25) is 19.2 Å². The molecule has 2 aromatic rings. The second-order valence-electron chi connectivity index (χ2n) is 6.85. The third-order valence-electron chi connectivity index (χ3n) is 4.36. The fraction of sp³-hybridized carbons (Fsp3) is 0.238. The van der Waals surface area contributed by atoms with E-state index >= 15 is 0 Å². The molecule has 0 aliphatic heterocycles. The number of esters is 1. The Morgan fingerprint density at radius 3 is 2.39 bits per heavy atom. The second-order valence-corrected chi connectivity index (χ2v) is 7.69. The van der Waals surface area contributed by atoms with Gasteiger partial charge in [-0.1, -0.05) is 23.2 Å². The maximum Gasteiger partial charge on any atom is 0.308 e. The van der Waals surface area contributed by atoms with Crippen molar-refractivity contribution in [3.63, 3.8) is 0 Å². The summed E-state index contributed by atoms with van der Waals surface area (Å²) in [6.07, 6.45) is -0.324. The number of phenols is 1. The Labute approximate surface area is 199 Å². The minimum atomic E-state index is -1.04. The van der Waals surface area contributed by atoms with Gasteiger partial charge in [0.2, 0.25) is 11.8 Å². The van der Waals surface area contributed by atoms with Gasteiger partial charge in [-0.2, -0.15) is 0 Å². The van der Waals surface area contributed by atoms with Crippen LogP contribution in [0.2, 0.25) is 10.0 Å². The number of anilines is 1. The number of primary amides is 1. The number of amides is 3. The highest BCUT2D eigenvalue weighted by molar-refractivity contribution is 6.35. The SMILES string of the molecule is CCOC(=O)CC(NC(=O)CNC(=O)c1cc(N)cc(C(N)=O)c1)c1cc(Cl)cc(Cl)c1O. The number of hydrogen-bond donors (Lipinski definition) is 5. The molecule has 0 heterocycles. The number of phenolic OH excluding ortho intramolecular Hbond substituents is 1. The third-order valence-corrected chi connectivity index (χ3v) is 4.86. The number of rotatable bonds is 9. The predicted molar refractivity (Wildman–Crippen MR) is 122 cm³/mol. The van der Waals surface area contributed by atoms with Crippen LogP contribution in [-0.4, -0.2) is 41.9 Å². The Morgan fingerprint density at radius 2 is 1.76 bits per heavy atom. The van der Waals surface area contributed by atoms with Gasteiger partial charge >= 0.3 is 5.97 Å². The Morgan fingerprint density at radius 1 is 1.09 bits per heavy atom. The number of nitrogens with one attached hydrogen (secondary N) is 2. The lowest BCUT2D eigenvalue weighted by Gasteiger charge is -2.20. The molecule has 0 saturated carbocycles. The van der Waals surface area contributed by atoms with Gasteiger partial charge < -0.3 is 31.9 Å². The van der Waals surface area contributed by atoms with E-state index in [1.807, 2.05) is 0 Å². The Bertz CT molecular complexity index is 1090. The van der Waals surface area contributed by atoms with Crippen LogP contribution in [0.3, 0.4) is 0 Å². The first-order valence-corrected chi connectivity index (χ1v) is 10.4. The van der Waals surface area contributed by atoms with Gasteiger partial charge in [0.25, 0.3) is 5.91 Å². The van der Waals surface area contributed by atoms with Crippen LogP contribution in [0.25, 0.3) is 0 Å². The number of ether oxygens (including phenoxy) is 1. The molecule has 0 fully saturated rings. The zero-order valence-electron chi connectivity index (χ0n) is 17.5. The van der Waals surface area contributed by atoms with Crippen molar-refractivity contribution in [3.8, 4) is 5.75 Å². The van der Waals surface area contributed by atoms with Gasteiger partial charge in [0.1, 0.15) is 5.75 Å². The van der Waals surface area contributed by atoms with E-state index in [0.29, 0.717) is 0 Å². The maximum absolute atomic E-state index is 12.5. The van der Waals surface area contributed by atoms with Crippen LogP contribution < -0.4 is 22.1 Å². The van der Waals surface area contributed by atoms with E-state index in [9.17, 15) is 24.3 Å². The highest BCUT2D eigenvalue weighted by Crippen LogP contribution is 2.36. The molecule has 176 valence electrons. The molecule has 0 aliphatic carbocycles. The monoisotopic (exact) mass is 496 g/mol. The summed E-state index contributed by atoms with van der Waals surface area (Å²) in [6.45, 7) is 1.24. The standard InChI is InChI=1S/C21H22Cl2N4O6/c1-2-33-18(29)8-16(14-6-12(22)7-15(23)19(14)30)27-17(28)9-26-21(32)11-3-10(20(25)31)4-13(24)5-11/h3-7,16,30H,2,8-9,24H2,1H3,(H2,25,31)(H,26,32)(H,27,28). The normalized spacial score (nSPS) is 11.4. The molecule has 0 aliphatic rings. The molecule has 7 N–H and O–H groups in total. The molecule has 33 heavy (non-hydrogen) atoms. The minimum absolute atomic E-state index is 0.0268. The molecule has 10 nitrogen and oxygen atoms in total. The van der Waals surface area contributed by atoms with E-state index in [1.165, 1.54) is 30.3 Å². The van der Waals surface area contributed by atoms with E-state index in [1.54, 1.807) is 6.92 Å². The highest BCUT2D eigenvalue weighted by atomic mass is 35.5. The molecule has 0 radical (unpaired) electrons. The van der Waals surface area contributed by atoms with Crippen LogP contribution in [-0.2, 0) is 14.3 Å². The van der Waals surface area contributed by atoms with Gasteiger partial charge in [-0.15, -0.1) is 0 Å². The van der Waals surface area contributed by atoms with Gasteiger partial charge in [0.05, 0.1) is 30.6 Å². The van der Waals surface area contributed by atoms with Crippen molar-refractivity contribution >= 4 is 52.6 Å². The van der Waals surface area contributed by atoms with Crippen molar-refractivity contribution < 1.29 is 29.0 Å². The summed E-state index contributed by atoms with van der Waals surface area (Å²) >= 11 is 11.9. The topological polar surface area (TPSA) is 174 Å². The summed E-state index contributed by atoms with van der Waals surface area (Å²) in [4.78, 5) is 48.3. The van der Waals surface area contributed by atoms with E-state index < -0.39 is 36.3 Å². The van der Waals surface area contributed by atoms with Crippen molar-refractivity contribution in [1.82, 2.24) is 10.6 Å². The molecule has 0 bridgehead atoms. The molecule has 0 aromatic heterocycles. The minimum Gasteiger partial charge on any atom is -0.506 e. The Hall–Kier alpha value is -3.50. The van der Waals surface area contributed by atoms with Gasteiger partial charge in [0.15, 0.2) is 0 Å². The predicted octanol–water partition coefficient (Wildman–Crippen LogP) is 1.92. The smallest absolute Gasteiger partial charge is 0.308 e. The molecular formula is C21H22Cl2N4O6. The number of nitrogen functional groups attached to an aromatic ring is 1. The van der Waals surface area contributed by atoms with Gasteiger partial charge in [0, 0.05) is 27.4 Å². The van der Waals surface area contributed by atoms with Crippen molar-refractivity contribution in [2.75, 3.05) is 18.9 Å². The first kappa shape index (κ1) is 25.8. The number of carbonyl (C=O) groups is 4. The van der Waals surface area contributed by atoms with Crippen LogP contribution in [0.5, 0.6) is 5.75 Å². The lowest BCUT2D eigenvalue weighted by molar-refractivity contribution is -0.143. The van der Waals surface area contributed by atoms with Crippen molar-refractivity contribution in [3.05, 3.63) is 57.1 Å². The lowest BCUT2D eigenvalue weighted by Crippen LogP contribution is -2.39. The maximum atomic E-state index is 12.5. The molecule has 0 saturated heterocycles. The summed E-state index contributed by atoms with van der Waals surface area (Å²) in [7, 11) is 0. The summed E-state index contributed by atoms with van der Waals surface area (Å²) in [5, 5.41) is 15.3. The van der Waals surface area contributed by atoms with E-state index in [-0.39, 0.29) is 51.2 Å². The van der Waals surface area contributed by atoms with Gasteiger partial charge in [-0.25, -0.2) is 0 Å². The lowest BCUT2D eigenvalue weighted by atomic mass is 10.0.